The maximum Gasteiger partial charge on any atom is 0.235 e. The minimum atomic E-state index is -3.14. The van der Waals surface area contributed by atoms with Gasteiger partial charge >= 0.3 is 0 Å². The highest BCUT2D eigenvalue weighted by molar-refractivity contribution is 6.32. The van der Waals surface area contributed by atoms with Crippen LogP contribution in [0, 0.1) is 23.7 Å². The molecule has 13 heteroatoms. The number of nitrogens with zero attached hydrogens (tertiary/aromatic N) is 3. The van der Waals surface area contributed by atoms with Gasteiger partial charge in [-0.25, -0.2) is 0 Å². The molecule has 6 N–H and O–H groups in total. The molecule has 2 aromatic rings. The highest BCUT2D eigenvalue weighted by atomic mass is 16.3. The number of carbonyl (C=O) groups is 5. The van der Waals surface area contributed by atoms with Gasteiger partial charge in [0.1, 0.15) is 5.75 Å². The van der Waals surface area contributed by atoms with Crippen LogP contribution in [0.5, 0.6) is 5.75 Å². The Morgan fingerprint density at radius 3 is 2.33 bits per heavy atom. The van der Waals surface area contributed by atoms with Crippen LogP contribution in [0.2, 0.25) is 0 Å². The molecule has 0 radical (unpaired) electrons. The highest BCUT2D eigenvalue weighted by Gasteiger charge is 2.73. The molecule has 1 amide bonds. The summed E-state index contributed by atoms with van der Waals surface area (Å²) in [6.07, 6.45) is -3.60. The minimum absolute atomic E-state index is 0.0386. The standard InChI is InChI=1S/C33H38N4O9/c1-35(2)24-23-28(41)20-21(30(43)33(23,46)31(44)22(29(24)42)32(34)45)27(40)19-18(26(20)39)8-7-17(25(19)38)16-6-4-5-15(13-16)14-37-11-9-36(3)10-12-37/h4-8,13,20-24,26,28,38-39,41,46H,9-12,14H2,1-3H3,(H2,34,45)/t20-,21?,22?,23+,24-,26-,28-,33-/m0/s1. The highest BCUT2D eigenvalue weighted by Crippen LogP contribution is 2.54. The van der Waals surface area contributed by atoms with Crippen molar-refractivity contribution in [2.75, 3.05) is 47.3 Å². The second kappa shape index (κ2) is 11.4. The number of phenolic OH excluding ortho intramolecular Hbond substituents is 1. The molecular formula is C33H38N4O9. The average molecular weight is 635 g/mol. The summed E-state index contributed by atoms with van der Waals surface area (Å²) in [6.45, 7) is 4.37. The predicted octanol–water partition coefficient (Wildman–Crippen LogP) is -1.26. The third kappa shape index (κ3) is 4.64. The summed E-state index contributed by atoms with van der Waals surface area (Å²) in [4.78, 5) is 73.1. The molecule has 3 fully saturated rings. The molecule has 244 valence electrons. The van der Waals surface area contributed by atoms with Crippen LogP contribution in [0.15, 0.2) is 36.4 Å². The summed E-state index contributed by atoms with van der Waals surface area (Å²) >= 11 is 0. The lowest BCUT2D eigenvalue weighted by atomic mass is 9.50. The normalized spacial score (nSPS) is 33.5. The van der Waals surface area contributed by atoms with Gasteiger partial charge in [-0.2, -0.15) is 0 Å². The first-order chi connectivity index (χ1) is 21.7. The summed E-state index contributed by atoms with van der Waals surface area (Å²) in [5, 5.41) is 46.4. The number of carbonyl (C=O) groups excluding carboxylic acids is 5. The Balaban J connectivity index is 1.41. The van der Waals surface area contributed by atoms with Gasteiger partial charge in [0.25, 0.3) is 0 Å². The Morgan fingerprint density at radius 2 is 1.70 bits per heavy atom. The molecule has 2 aromatic carbocycles. The van der Waals surface area contributed by atoms with E-state index >= 15 is 0 Å². The molecule has 1 heterocycles. The van der Waals surface area contributed by atoms with E-state index in [-0.39, 0.29) is 16.7 Å². The predicted molar refractivity (Wildman–Crippen MR) is 162 cm³/mol. The van der Waals surface area contributed by atoms with Gasteiger partial charge in [0, 0.05) is 44.2 Å². The van der Waals surface area contributed by atoms with Crippen LogP contribution in [0.1, 0.15) is 27.6 Å². The molecule has 0 bridgehead atoms. The van der Waals surface area contributed by atoms with Gasteiger partial charge in [-0.3, -0.25) is 33.8 Å². The third-order valence-electron chi connectivity index (χ3n) is 10.3. The fraction of sp³-hybridized carbons (Fsp3) is 0.485. The van der Waals surface area contributed by atoms with Crippen LogP contribution in [-0.2, 0) is 25.7 Å². The lowest BCUT2D eigenvalue weighted by Crippen LogP contribution is -2.77. The van der Waals surface area contributed by atoms with Crippen molar-refractivity contribution in [1.29, 1.82) is 0 Å². The lowest BCUT2D eigenvalue weighted by molar-refractivity contribution is -0.202. The summed E-state index contributed by atoms with van der Waals surface area (Å²) in [5.41, 5.74) is 3.63. The van der Waals surface area contributed by atoms with Crippen LogP contribution >= 0.6 is 0 Å². The number of primary amides is 1. The first kappa shape index (κ1) is 32.1. The number of fused-ring (bicyclic) bond motifs is 3. The average Bonchev–Trinajstić information content (AvgIpc) is 3.00. The summed E-state index contributed by atoms with van der Waals surface area (Å²) < 4.78 is 0. The molecule has 1 aliphatic heterocycles. The van der Waals surface area contributed by atoms with E-state index in [1.807, 2.05) is 18.2 Å². The summed E-state index contributed by atoms with van der Waals surface area (Å²) in [5.74, 6) is -14.3. The second-order valence-electron chi connectivity index (χ2n) is 13.2. The molecule has 4 aliphatic rings. The Kier molecular flexibility index (Phi) is 7.98. The van der Waals surface area contributed by atoms with Gasteiger partial charge in [0.05, 0.1) is 35.6 Å². The quantitative estimate of drug-likeness (QED) is 0.245. The van der Waals surface area contributed by atoms with Crippen molar-refractivity contribution in [3.05, 3.63) is 53.1 Å². The number of hydrogen-bond donors (Lipinski definition) is 5. The van der Waals surface area contributed by atoms with Crippen molar-refractivity contribution in [2.24, 2.45) is 29.4 Å². The van der Waals surface area contributed by atoms with Gasteiger partial charge in [0.2, 0.25) is 5.91 Å². The molecule has 8 atom stereocenters. The number of ketones is 4. The number of aromatic hydroxyl groups is 1. The van der Waals surface area contributed by atoms with Gasteiger partial charge in [-0.05, 0) is 43.9 Å². The molecule has 13 nitrogen and oxygen atoms in total. The molecule has 0 spiro atoms. The van der Waals surface area contributed by atoms with Gasteiger partial charge in [-0.15, -0.1) is 0 Å². The number of likely N-dealkylation sites (N-methyl/N-ethyl adjacent to an activating group) is 2. The van der Waals surface area contributed by atoms with Crippen molar-refractivity contribution in [2.45, 2.75) is 30.4 Å². The molecular weight excluding hydrogens is 596 g/mol. The maximum absolute atomic E-state index is 14.1. The number of phenols is 1. The molecule has 6 rings (SSSR count). The third-order valence-corrected chi connectivity index (χ3v) is 10.3. The zero-order valence-electron chi connectivity index (χ0n) is 25.8. The van der Waals surface area contributed by atoms with E-state index in [4.69, 9.17) is 5.73 Å². The fourth-order valence-electron chi connectivity index (χ4n) is 7.98. The first-order valence-electron chi connectivity index (χ1n) is 15.3. The molecule has 2 saturated carbocycles. The van der Waals surface area contributed by atoms with E-state index in [0.29, 0.717) is 12.1 Å². The van der Waals surface area contributed by atoms with Crippen LogP contribution in [0.4, 0.5) is 0 Å². The number of aliphatic hydroxyl groups is 3. The number of aliphatic hydroxyl groups excluding tert-OH is 2. The van der Waals surface area contributed by atoms with Crippen molar-refractivity contribution >= 4 is 29.0 Å². The summed E-state index contributed by atoms with van der Waals surface area (Å²) in [7, 11) is 4.87. The number of Topliss-reactive ketones (excluding diaryl/α,β-unsaturated/α-hetero) is 4. The van der Waals surface area contributed by atoms with Gasteiger partial charge in [-0.1, -0.05) is 30.3 Å². The molecule has 3 aliphatic carbocycles. The minimum Gasteiger partial charge on any atom is -0.507 e. The zero-order valence-corrected chi connectivity index (χ0v) is 25.8. The molecule has 1 saturated heterocycles. The number of benzene rings is 2. The number of piperazine rings is 1. The van der Waals surface area contributed by atoms with Crippen molar-refractivity contribution in [3.63, 3.8) is 0 Å². The fourth-order valence-corrected chi connectivity index (χ4v) is 7.98. The van der Waals surface area contributed by atoms with Crippen molar-refractivity contribution in [3.8, 4) is 16.9 Å². The van der Waals surface area contributed by atoms with E-state index in [1.165, 1.54) is 25.1 Å². The first-order valence-corrected chi connectivity index (χ1v) is 15.3. The van der Waals surface area contributed by atoms with E-state index < -0.39 is 82.3 Å². The Labute approximate surface area is 265 Å². The van der Waals surface area contributed by atoms with Gasteiger partial charge < -0.3 is 31.1 Å². The van der Waals surface area contributed by atoms with Crippen molar-refractivity contribution in [1.82, 2.24) is 14.7 Å². The zero-order chi connectivity index (χ0) is 33.4. The maximum atomic E-state index is 14.1. The molecule has 2 unspecified atom stereocenters. The van der Waals surface area contributed by atoms with Crippen molar-refractivity contribution < 1.29 is 44.4 Å². The van der Waals surface area contributed by atoms with Crippen LogP contribution in [0.25, 0.3) is 11.1 Å². The van der Waals surface area contributed by atoms with E-state index in [9.17, 15) is 44.4 Å². The number of nitrogens with two attached hydrogens (primary N) is 1. The second-order valence-corrected chi connectivity index (χ2v) is 13.2. The molecule has 46 heavy (non-hydrogen) atoms. The topological polar surface area (TPSA) is 202 Å². The van der Waals surface area contributed by atoms with Crippen LogP contribution < -0.4 is 5.73 Å². The lowest BCUT2D eigenvalue weighted by Gasteiger charge is -2.55. The monoisotopic (exact) mass is 634 g/mol. The van der Waals surface area contributed by atoms with Crippen LogP contribution in [0.3, 0.4) is 0 Å². The number of rotatable bonds is 5. The smallest absolute Gasteiger partial charge is 0.235 e. The van der Waals surface area contributed by atoms with E-state index in [2.05, 4.69) is 16.8 Å². The van der Waals surface area contributed by atoms with Gasteiger partial charge in [0.15, 0.2) is 34.7 Å². The van der Waals surface area contributed by atoms with E-state index in [1.54, 1.807) is 12.1 Å². The Hall–Kier alpha value is -3.85. The van der Waals surface area contributed by atoms with E-state index in [0.717, 1.165) is 31.7 Å². The SMILES string of the molecule is CN1CCN(Cc2cccc(-c3ccc4c(c3O)C(=O)C3C(=O)[C@]5(O)C(=O)C(C(N)=O)C(=O)[C@@H](N(C)C)[C@@H]5[C@@H](O)[C@@H]3[C@H]4O)c2)CC1. The number of amides is 1. The Morgan fingerprint density at radius 1 is 1.02 bits per heavy atom. The largest absolute Gasteiger partial charge is 0.507 e. The van der Waals surface area contributed by atoms with Crippen LogP contribution in [-0.4, -0.2) is 129 Å². The Bertz CT molecular complexity index is 1650. The summed E-state index contributed by atoms with van der Waals surface area (Å²) in [6, 6.07) is 8.90. The number of hydrogen-bond acceptors (Lipinski definition) is 12. The molecule has 0 aromatic heterocycles.